The van der Waals surface area contributed by atoms with Crippen LogP contribution < -0.4 is 5.32 Å². The topological polar surface area (TPSA) is 54.9 Å². The van der Waals surface area contributed by atoms with E-state index in [1.165, 1.54) is 5.32 Å². The summed E-state index contributed by atoms with van der Waals surface area (Å²) in [5.41, 5.74) is -0.469. The Morgan fingerprint density at radius 3 is 2.13 bits per heavy atom. The Bertz CT molecular complexity index is 375. The molecule has 0 aliphatic rings. The van der Waals surface area contributed by atoms with Crippen molar-refractivity contribution in [3.8, 4) is 0 Å². The second-order valence-electron chi connectivity index (χ2n) is 2.28. The maximum atomic E-state index is 11.9. The minimum atomic E-state index is -5.03. The standard InChI is InChI=1S/C6H2Cl2F3N3O/c7-3-2(4(8)13-1-12-3)14-5(15)6(9,10)11/h1H,(H,14,15). The van der Waals surface area contributed by atoms with Crippen LogP contribution in [-0.2, 0) is 4.79 Å². The Labute approximate surface area is 91.4 Å². The summed E-state index contributed by atoms with van der Waals surface area (Å²) in [6.07, 6.45) is -4.07. The van der Waals surface area contributed by atoms with Crippen LogP contribution in [0, 0.1) is 0 Å². The molecule has 0 aromatic carbocycles. The fraction of sp³-hybridized carbons (Fsp3) is 0.167. The fourth-order valence-electron chi connectivity index (χ4n) is 0.632. The van der Waals surface area contributed by atoms with Crippen LogP contribution in [0.15, 0.2) is 6.33 Å². The number of hydrogen-bond acceptors (Lipinski definition) is 3. The van der Waals surface area contributed by atoms with E-state index in [2.05, 4.69) is 9.97 Å². The zero-order valence-corrected chi connectivity index (χ0v) is 8.28. The number of alkyl halides is 3. The summed E-state index contributed by atoms with van der Waals surface area (Å²) in [6.45, 7) is 0. The molecule has 1 heterocycles. The van der Waals surface area contributed by atoms with E-state index in [-0.39, 0.29) is 10.3 Å². The minimum absolute atomic E-state index is 0.368. The highest BCUT2D eigenvalue weighted by Gasteiger charge is 2.39. The number of hydrogen-bond donors (Lipinski definition) is 1. The van der Waals surface area contributed by atoms with Crippen molar-refractivity contribution < 1.29 is 18.0 Å². The Kier molecular flexibility index (Phi) is 3.35. The molecule has 1 aromatic rings. The van der Waals surface area contributed by atoms with E-state index in [9.17, 15) is 18.0 Å². The first-order valence-corrected chi connectivity index (χ1v) is 4.12. The third kappa shape index (κ3) is 2.93. The number of aromatic nitrogens is 2. The third-order valence-electron chi connectivity index (χ3n) is 1.25. The van der Waals surface area contributed by atoms with Gasteiger partial charge in [-0.05, 0) is 0 Å². The fourth-order valence-corrected chi connectivity index (χ4v) is 1.04. The summed E-state index contributed by atoms with van der Waals surface area (Å²) in [7, 11) is 0. The number of amides is 1. The van der Waals surface area contributed by atoms with Crippen molar-refractivity contribution >= 4 is 34.8 Å². The van der Waals surface area contributed by atoms with Gasteiger partial charge >= 0.3 is 12.1 Å². The van der Waals surface area contributed by atoms with E-state index in [1.54, 1.807) is 0 Å². The second-order valence-corrected chi connectivity index (χ2v) is 3.00. The van der Waals surface area contributed by atoms with Crippen molar-refractivity contribution in [2.75, 3.05) is 5.32 Å². The van der Waals surface area contributed by atoms with E-state index in [4.69, 9.17) is 23.2 Å². The summed E-state index contributed by atoms with van der Waals surface area (Å²) < 4.78 is 35.6. The summed E-state index contributed by atoms with van der Waals surface area (Å²) >= 11 is 10.8. The number of carbonyl (C=O) groups excluding carboxylic acids is 1. The van der Waals surface area contributed by atoms with Crippen LogP contribution >= 0.6 is 23.2 Å². The van der Waals surface area contributed by atoms with Gasteiger partial charge < -0.3 is 5.32 Å². The van der Waals surface area contributed by atoms with Gasteiger partial charge in [0, 0.05) is 0 Å². The van der Waals surface area contributed by atoms with Gasteiger partial charge in [0.15, 0.2) is 10.3 Å². The van der Waals surface area contributed by atoms with Gasteiger partial charge in [-0.25, -0.2) is 9.97 Å². The molecule has 4 nitrogen and oxygen atoms in total. The van der Waals surface area contributed by atoms with E-state index in [0.717, 1.165) is 6.33 Å². The molecule has 0 bridgehead atoms. The third-order valence-corrected chi connectivity index (χ3v) is 1.82. The lowest BCUT2D eigenvalue weighted by atomic mass is 10.5. The zero-order valence-electron chi connectivity index (χ0n) is 6.77. The van der Waals surface area contributed by atoms with Gasteiger partial charge in [-0.15, -0.1) is 0 Å². The largest absolute Gasteiger partial charge is 0.471 e. The number of rotatable bonds is 1. The van der Waals surface area contributed by atoms with Gasteiger partial charge in [0.2, 0.25) is 0 Å². The monoisotopic (exact) mass is 259 g/mol. The molecule has 0 saturated carbocycles. The Morgan fingerprint density at radius 1 is 1.27 bits per heavy atom. The van der Waals surface area contributed by atoms with Crippen LogP contribution in [-0.4, -0.2) is 22.1 Å². The molecule has 0 saturated heterocycles. The van der Waals surface area contributed by atoms with Crippen molar-refractivity contribution in [2.24, 2.45) is 0 Å². The second kappa shape index (κ2) is 4.19. The van der Waals surface area contributed by atoms with E-state index in [1.807, 2.05) is 0 Å². The van der Waals surface area contributed by atoms with Crippen molar-refractivity contribution in [1.82, 2.24) is 9.97 Å². The molecule has 15 heavy (non-hydrogen) atoms. The molecule has 0 atom stereocenters. The molecule has 0 unspecified atom stereocenters. The van der Waals surface area contributed by atoms with Crippen LogP contribution in [0.1, 0.15) is 0 Å². The van der Waals surface area contributed by atoms with Gasteiger partial charge in [0.1, 0.15) is 12.0 Å². The molecule has 1 amide bonds. The van der Waals surface area contributed by atoms with Crippen molar-refractivity contribution in [3.05, 3.63) is 16.6 Å². The van der Waals surface area contributed by atoms with Crippen molar-refractivity contribution in [1.29, 1.82) is 0 Å². The van der Waals surface area contributed by atoms with Crippen LogP contribution in [0.5, 0.6) is 0 Å². The lowest BCUT2D eigenvalue weighted by molar-refractivity contribution is -0.167. The highest BCUT2D eigenvalue weighted by molar-refractivity contribution is 6.38. The lowest BCUT2D eigenvalue weighted by Gasteiger charge is -2.09. The Morgan fingerprint density at radius 2 is 1.73 bits per heavy atom. The number of carbonyl (C=O) groups is 1. The van der Waals surface area contributed by atoms with Gasteiger partial charge in [0.05, 0.1) is 0 Å². The molecule has 9 heteroatoms. The number of halogens is 5. The van der Waals surface area contributed by atoms with Gasteiger partial charge in [0.25, 0.3) is 0 Å². The first-order valence-electron chi connectivity index (χ1n) is 3.36. The molecule has 0 fully saturated rings. The van der Waals surface area contributed by atoms with Crippen molar-refractivity contribution in [2.45, 2.75) is 6.18 Å². The SMILES string of the molecule is O=C(Nc1c(Cl)ncnc1Cl)C(F)(F)F. The van der Waals surface area contributed by atoms with Crippen LogP contribution in [0.25, 0.3) is 0 Å². The zero-order chi connectivity index (χ0) is 11.6. The quantitative estimate of drug-likeness (QED) is 0.788. The molecule has 1 N–H and O–H groups in total. The van der Waals surface area contributed by atoms with Crippen LogP contribution in [0.2, 0.25) is 10.3 Å². The Balaban J connectivity index is 2.95. The van der Waals surface area contributed by atoms with E-state index < -0.39 is 17.8 Å². The lowest BCUT2D eigenvalue weighted by Crippen LogP contribution is -2.30. The van der Waals surface area contributed by atoms with Gasteiger partial charge in [-0.3, -0.25) is 4.79 Å². The molecule has 0 spiro atoms. The summed E-state index contributed by atoms with van der Waals surface area (Å²) in [4.78, 5) is 17.3. The molecule has 0 aliphatic heterocycles. The summed E-state index contributed by atoms with van der Waals surface area (Å²) in [5, 5.41) is 0.730. The van der Waals surface area contributed by atoms with Crippen LogP contribution in [0.4, 0.5) is 18.9 Å². The highest BCUT2D eigenvalue weighted by atomic mass is 35.5. The Hall–Kier alpha value is -1.08. The summed E-state index contributed by atoms with van der Waals surface area (Å²) in [5.74, 6) is -2.19. The predicted molar refractivity (Wildman–Crippen MR) is 46.7 cm³/mol. The maximum Gasteiger partial charge on any atom is 0.471 e. The molecular weight excluding hydrogens is 258 g/mol. The molecule has 1 aromatic heterocycles. The molecule has 0 radical (unpaired) electrons. The molecular formula is C6H2Cl2F3N3O. The number of nitrogens with zero attached hydrogens (tertiary/aromatic N) is 2. The first-order chi connectivity index (χ1) is 6.82. The first kappa shape index (κ1) is 12.0. The highest BCUT2D eigenvalue weighted by Crippen LogP contribution is 2.27. The maximum absolute atomic E-state index is 11.9. The van der Waals surface area contributed by atoms with Crippen LogP contribution in [0.3, 0.4) is 0 Å². The predicted octanol–water partition coefficient (Wildman–Crippen LogP) is 2.28. The summed E-state index contributed by atoms with van der Waals surface area (Å²) in [6, 6.07) is 0. The van der Waals surface area contributed by atoms with Gasteiger partial charge in [-0.2, -0.15) is 13.2 Å². The van der Waals surface area contributed by atoms with E-state index in [0.29, 0.717) is 0 Å². The number of nitrogens with one attached hydrogen (secondary N) is 1. The average Bonchev–Trinajstić information content (AvgIpc) is 2.09. The molecule has 82 valence electrons. The molecule has 1 rings (SSSR count). The minimum Gasteiger partial charge on any atom is -0.313 e. The average molecular weight is 260 g/mol. The van der Waals surface area contributed by atoms with E-state index >= 15 is 0 Å². The number of anilines is 1. The smallest absolute Gasteiger partial charge is 0.313 e. The van der Waals surface area contributed by atoms with Gasteiger partial charge in [-0.1, -0.05) is 23.2 Å². The van der Waals surface area contributed by atoms with Crippen molar-refractivity contribution in [3.63, 3.8) is 0 Å². The normalized spacial score (nSPS) is 11.3. The molecule has 0 aliphatic carbocycles.